The number of benzene rings is 3. The van der Waals surface area contributed by atoms with E-state index in [0.29, 0.717) is 57.1 Å². The van der Waals surface area contributed by atoms with Crippen LogP contribution in [0.1, 0.15) is 48.6 Å². The number of ether oxygens (including phenoxy) is 3. The summed E-state index contributed by atoms with van der Waals surface area (Å²) in [5.74, 6) is 0.191. The average Bonchev–Trinajstić information content (AvgIpc) is 3.34. The molecule has 9 heteroatoms. The van der Waals surface area contributed by atoms with Crippen LogP contribution >= 0.6 is 11.3 Å². The summed E-state index contributed by atoms with van der Waals surface area (Å²) in [7, 11) is 1.33. The zero-order valence-electron chi connectivity index (χ0n) is 24.8. The molecule has 1 aliphatic rings. The van der Waals surface area contributed by atoms with Crippen LogP contribution < -0.4 is 24.4 Å². The number of allylic oxidation sites excluding steroid dienone is 2. The molecule has 0 N–H and O–H groups in total. The van der Waals surface area contributed by atoms with Crippen molar-refractivity contribution in [2.24, 2.45) is 4.99 Å². The summed E-state index contributed by atoms with van der Waals surface area (Å²) >= 11 is 1.26. The molecule has 0 unspecified atom stereocenters. The molecule has 1 atom stereocenters. The third-order valence-corrected chi connectivity index (χ3v) is 8.14. The molecule has 1 aliphatic heterocycles. The van der Waals surface area contributed by atoms with Crippen LogP contribution in [0.2, 0.25) is 0 Å². The molecule has 226 valence electrons. The highest BCUT2D eigenvalue weighted by molar-refractivity contribution is 7.07. The summed E-state index contributed by atoms with van der Waals surface area (Å²) in [6.45, 7) is 8.24. The van der Waals surface area contributed by atoms with Gasteiger partial charge in [-0.15, -0.1) is 6.58 Å². The normalized spacial score (nSPS) is 14.5. The van der Waals surface area contributed by atoms with Gasteiger partial charge in [0, 0.05) is 5.56 Å². The number of carbonyl (C=O) groups is 1. The van der Waals surface area contributed by atoms with Gasteiger partial charge in [-0.2, -0.15) is 0 Å². The fourth-order valence-corrected chi connectivity index (χ4v) is 6.27. The second-order valence-electron chi connectivity index (χ2n) is 10.1. The number of thiazole rings is 1. The SMILES string of the molecule is C=CCc1cc(/C=c2\sc3n(c2=O)[C@@H](c2ccccc2)C(C(=O)OC)=C(CC)N=3)cc(OCC)c1OCc1cccc(F)c1. The Morgan fingerprint density at radius 3 is 2.57 bits per heavy atom. The molecular formula is C35H33FN2O5S. The van der Waals surface area contributed by atoms with Crippen molar-refractivity contribution in [1.82, 2.24) is 4.57 Å². The third kappa shape index (κ3) is 6.28. The molecule has 3 aromatic carbocycles. The largest absolute Gasteiger partial charge is 0.490 e. The summed E-state index contributed by atoms with van der Waals surface area (Å²) in [6.07, 6.45) is 4.54. The van der Waals surface area contributed by atoms with Gasteiger partial charge < -0.3 is 14.2 Å². The van der Waals surface area contributed by atoms with Gasteiger partial charge in [-0.1, -0.05) is 66.8 Å². The summed E-state index contributed by atoms with van der Waals surface area (Å²) in [4.78, 5) is 32.3. The molecule has 4 aromatic rings. The molecule has 0 saturated carbocycles. The van der Waals surface area contributed by atoms with Gasteiger partial charge in [0.25, 0.3) is 5.56 Å². The lowest BCUT2D eigenvalue weighted by Gasteiger charge is -2.25. The number of carbonyl (C=O) groups excluding carboxylic acids is 1. The molecule has 0 bridgehead atoms. The Morgan fingerprint density at radius 1 is 1.09 bits per heavy atom. The van der Waals surface area contributed by atoms with Crippen LogP contribution in [-0.4, -0.2) is 24.3 Å². The van der Waals surface area contributed by atoms with Crippen molar-refractivity contribution in [3.63, 3.8) is 0 Å². The molecular weight excluding hydrogens is 579 g/mol. The van der Waals surface area contributed by atoms with E-state index < -0.39 is 12.0 Å². The van der Waals surface area contributed by atoms with Gasteiger partial charge in [0.2, 0.25) is 0 Å². The second-order valence-corrected chi connectivity index (χ2v) is 11.1. The van der Waals surface area contributed by atoms with E-state index in [2.05, 4.69) is 6.58 Å². The maximum atomic E-state index is 14.0. The average molecular weight is 613 g/mol. The van der Waals surface area contributed by atoms with E-state index in [4.69, 9.17) is 19.2 Å². The number of fused-ring (bicyclic) bond motifs is 1. The van der Waals surface area contributed by atoms with Crippen molar-refractivity contribution in [2.45, 2.75) is 39.3 Å². The predicted octanol–water partition coefficient (Wildman–Crippen LogP) is 5.64. The summed E-state index contributed by atoms with van der Waals surface area (Å²) in [6, 6.07) is 18.7. The lowest BCUT2D eigenvalue weighted by Crippen LogP contribution is -2.40. The lowest BCUT2D eigenvalue weighted by atomic mass is 9.95. The Hall–Kier alpha value is -4.76. The molecule has 2 heterocycles. The minimum atomic E-state index is -0.675. The molecule has 7 nitrogen and oxygen atoms in total. The Labute approximate surface area is 258 Å². The van der Waals surface area contributed by atoms with Crippen molar-refractivity contribution in [2.75, 3.05) is 13.7 Å². The highest BCUT2D eigenvalue weighted by atomic mass is 32.1. The van der Waals surface area contributed by atoms with Crippen LogP contribution in [-0.2, 0) is 22.6 Å². The number of halogens is 1. The zero-order chi connectivity index (χ0) is 31.2. The quantitative estimate of drug-likeness (QED) is 0.162. The van der Waals surface area contributed by atoms with Gasteiger partial charge >= 0.3 is 5.97 Å². The predicted molar refractivity (Wildman–Crippen MR) is 169 cm³/mol. The van der Waals surface area contributed by atoms with Gasteiger partial charge in [0.05, 0.1) is 35.6 Å². The topological polar surface area (TPSA) is 79.1 Å². The van der Waals surface area contributed by atoms with Crippen molar-refractivity contribution in [3.8, 4) is 11.5 Å². The van der Waals surface area contributed by atoms with Crippen LogP contribution in [0.15, 0.2) is 100 Å². The van der Waals surface area contributed by atoms with E-state index in [1.54, 1.807) is 28.9 Å². The minimum Gasteiger partial charge on any atom is -0.490 e. The van der Waals surface area contributed by atoms with Crippen LogP contribution in [0, 0.1) is 5.82 Å². The van der Waals surface area contributed by atoms with Crippen LogP contribution in [0.25, 0.3) is 6.08 Å². The first-order valence-electron chi connectivity index (χ1n) is 14.3. The number of nitrogens with zero attached hydrogens (tertiary/aromatic N) is 2. The Kier molecular flexibility index (Phi) is 9.55. The second kappa shape index (κ2) is 13.7. The van der Waals surface area contributed by atoms with Crippen LogP contribution in [0.4, 0.5) is 4.39 Å². The number of hydrogen-bond acceptors (Lipinski definition) is 7. The van der Waals surface area contributed by atoms with E-state index >= 15 is 0 Å². The third-order valence-electron chi connectivity index (χ3n) is 7.15. The smallest absolute Gasteiger partial charge is 0.338 e. The van der Waals surface area contributed by atoms with Crippen molar-refractivity contribution in [1.29, 1.82) is 0 Å². The summed E-state index contributed by atoms with van der Waals surface area (Å²) in [5.41, 5.74) is 3.68. The number of aromatic nitrogens is 1. The van der Waals surface area contributed by atoms with Gasteiger partial charge in [-0.3, -0.25) is 9.36 Å². The van der Waals surface area contributed by atoms with Crippen molar-refractivity contribution >= 4 is 23.4 Å². The standard InChI is InChI=1S/C35H33FN2O5S/c1-5-12-25-17-23(19-28(42-7-3)32(25)43-21-22-13-11-16-26(36)18-22)20-29-33(39)38-31(24-14-9-8-10-15-24)30(34(40)41-4)27(6-2)37-35(38)44-29/h5,8-11,13-20,31H,1,6-7,12,21H2,2-4H3/b29-20-/t31-/m0/s1. The van der Waals surface area contributed by atoms with Gasteiger partial charge in [-0.25, -0.2) is 14.2 Å². The Morgan fingerprint density at radius 2 is 1.89 bits per heavy atom. The molecule has 0 spiro atoms. The Bertz CT molecular complexity index is 1910. The molecule has 5 rings (SSSR count). The van der Waals surface area contributed by atoms with E-state index in [9.17, 15) is 14.0 Å². The maximum absolute atomic E-state index is 14.0. The Balaban J connectivity index is 1.64. The molecule has 0 amide bonds. The monoisotopic (exact) mass is 612 g/mol. The van der Waals surface area contributed by atoms with E-state index in [1.165, 1.54) is 30.6 Å². The first-order valence-corrected chi connectivity index (χ1v) is 15.2. The van der Waals surface area contributed by atoms with E-state index in [0.717, 1.165) is 16.7 Å². The molecule has 0 fully saturated rings. The van der Waals surface area contributed by atoms with Gasteiger partial charge in [0.15, 0.2) is 16.3 Å². The van der Waals surface area contributed by atoms with Crippen molar-refractivity contribution < 1.29 is 23.4 Å². The van der Waals surface area contributed by atoms with Crippen molar-refractivity contribution in [3.05, 3.63) is 138 Å². The van der Waals surface area contributed by atoms with Crippen LogP contribution in [0.5, 0.6) is 11.5 Å². The highest BCUT2D eigenvalue weighted by Gasteiger charge is 2.33. The zero-order valence-corrected chi connectivity index (χ0v) is 25.7. The summed E-state index contributed by atoms with van der Waals surface area (Å²) in [5, 5.41) is 0. The first kappa shape index (κ1) is 30.7. The molecule has 44 heavy (non-hydrogen) atoms. The van der Waals surface area contributed by atoms with E-state index in [-0.39, 0.29) is 18.0 Å². The molecule has 0 aliphatic carbocycles. The molecule has 0 radical (unpaired) electrons. The lowest BCUT2D eigenvalue weighted by molar-refractivity contribution is -0.136. The molecule has 0 saturated heterocycles. The number of esters is 1. The van der Waals surface area contributed by atoms with Gasteiger partial charge in [-0.05, 0) is 66.8 Å². The minimum absolute atomic E-state index is 0.154. The number of rotatable bonds is 11. The summed E-state index contributed by atoms with van der Waals surface area (Å²) < 4.78 is 33.1. The number of hydrogen-bond donors (Lipinski definition) is 0. The number of methoxy groups -OCH3 is 1. The van der Waals surface area contributed by atoms with Crippen LogP contribution in [0.3, 0.4) is 0 Å². The highest BCUT2D eigenvalue weighted by Crippen LogP contribution is 2.35. The van der Waals surface area contributed by atoms with E-state index in [1.807, 2.05) is 56.3 Å². The maximum Gasteiger partial charge on any atom is 0.338 e. The first-order chi connectivity index (χ1) is 21.4. The fourth-order valence-electron chi connectivity index (χ4n) is 5.25. The fraction of sp³-hybridized carbons (Fsp3) is 0.229. The van der Waals surface area contributed by atoms with Gasteiger partial charge in [0.1, 0.15) is 12.4 Å². The molecule has 1 aromatic heterocycles.